The summed E-state index contributed by atoms with van der Waals surface area (Å²) in [6.45, 7) is 1.40. The van der Waals surface area contributed by atoms with Crippen molar-refractivity contribution in [1.29, 1.82) is 0 Å². The molecule has 0 aliphatic rings. The highest BCUT2D eigenvalue weighted by Gasteiger charge is 2.19. The van der Waals surface area contributed by atoms with Gasteiger partial charge in [0, 0.05) is 5.56 Å². The largest absolute Gasteiger partial charge is 0.452 e. The van der Waals surface area contributed by atoms with Crippen LogP contribution in [0, 0.1) is 0 Å². The number of halogens is 2. The number of carbonyl (C=O) groups is 3. The van der Waals surface area contributed by atoms with E-state index >= 15 is 0 Å². The van der Waals surface area contributed by atoms with Crippen LogP contribution < -0.4 is 10.9 Å². The summed E-state index contributed by atoms with van der Waals surface area (Å²) in [6.07, 6.45) is -1.15. The summed E-state index contributed by atoms with van der Waals surface area (Å²) in [4.78, 5) is 35.7. The Balaban J connectivity index is 1.81. The van der Waals surface area contributed by atoms with Gasteiger partial charge in [-0.1, -0.05) is 47.5 Å². The van der Waals surface area contributed by atoms with Gasteiger partial charge < -0.3 is 4.74 Å². The zero-order valence-electron chi connectivity index (χ0n) is 13.8. The van der Waals surface area contributed by atoms with Gasteiger partial charge in [-0.25, -0.2) is 0 Å². The summed E-state index contributed by atoms with van der Waals surface area (Å²) in [5, 5.41) is 0.706. The minimum Gasteiger partial charge on any atom is -0.452 e. The summed E-state index contributed by atoms with van der Waals surface area (Å²) in [7, 11) is 0. The fourth-order valence-electron chi connectivity index (χ4n) is 1.99. The zero-order valence-corrected chi connectivity index (χ0v) is 15.3. The summed E-state index contributed by atoms with van der Waals surface area (Å²) < 4.78 is 5.05. The predicted octanol–water partition coefficient (Wildman–Crippen LogP) is 2.93. The SMILES string of the molecule is C[C@@H](OC(=O)Cc1ccc(Cl)c(Cl)c1)C(=O)NNC(=O)c1ccccc1. The van der Waals surface area contributed by atoms with Crippen molar-refractivity contribution in [2.24, 2.45) is 0 Å². The molecule has 6 nitrogen and oxygen atoms in total. The second-order valence-corrected chi connectivity index (χ2v) is 6.18. The van der Waals surface area contributed by atoms with Crippen molar-refractivity contribution in [2.75, 3.05) is 0 Å². The molecule has 2 aromatic carbocycles. The number of benzene rings is 2. The minimum absolute atomic E-state index is 0.0646. The normalized spacial score (nSPS) is 11.3. The zero-order chi connectivity index (χ0) is 19.1. The molecule has 0 radical (unpaired) electrons. The van der Waals surface area contributed by atoms with Crippen LogP contribution >= 0.6 is 23.2 Å². The van der Waals surface area contributed by atoms with Crippen LogP contribution in [-0.2, 0) is 20.7 Å². The Bertz CT molecular complexity index is 812. The summed E-state index contributed by atoms with van der Waals surface area (Å²) in [6, 6.07) is 13.1. The molecule has 26 heavy (non-hydrogen) atoms. The van der Waals surface area contributed by atoms with E-state index in [-0.39, 0.29) is 6.42 Å². The van der Waals surface area contributed by atoms with Crippen LogP contribution in [0.3, 0.4) is 0 Å². The van der Waals surface area contributed by atoms with Crippen molar-refractivity contribution in [3.8, 4) is 0 Å². The Morgan fingerprint density at radius 1 is 1.00 bits per heavy atom. The minimum atomic E-state index is -1.08. The molecule has 0 bridgehead atoms. The number of amides is 2. The molecule has 0 aromatic heterocycles. The third-order valence-electron chi connectivity index (χ3n) is 3.35. The van der Waals surface area contributed by atoms with Crippen molar-refractivity contribution in [3.05, 3.63) is 69.7 Å². The van der Waals surface area contributed by atoms with Gasteiger partial charge in [-0.05, 0) is 36.8 Å². The highest BCUT2D eigenvalue weighted by Crippen LogP contribution is 2.22. The molecule has 0 saturated carbocycles. The first-order chi connectivity index (χ1) is 12.4. The monoisotopic (exact) mass is 394 g/mol. The van der Waals surface area contributed by atoms with E-state index in [0.717, 1.165) is 0 Å². The van der Waals surface area contributed by atoms with Gasteiger partial charge in [0.25, 0.3) is 11.8 Å². The van der Waals surface area contributed by atoms with Crippen LogP contribution in [0.4, 0.5) is 0 Å². The van der Waals surface area contributed by atoms with Crippen LogP contribution in [0.1, 0.15) is 22.8 Å². The van der Waals surface area contributed by atoms with Crippen LogP contribution in [0.15, 0.2) is 48.5 Å². The predicted molar refractivity (Wildman–Crippen MR) is 97.8 cm³/mol. The van der Waals surface area contributed by atoms with Gasteiger partial charge in [-0.2, -0.15) is 0 Å². The first kappa shape index (κ1) is 19.8. The van der Waals surface area contributed by atoms with E-state index in [1.54, 1.807) is 48.5 Å². The van der Waals surface area contributed by atoms with Gasteiger partial charge in [0.1, 0.15) is 0 Å². The van der Waals surface area contributed by atoms with Crippen LogP contribution in [0.25, 0.3) is 0 Å². The molecular formula is C18H16Cl2N2O4. The molecule has 0 heterocycles. The molecule has 0 spiro atoms. The average Bonchev–Trinajstić information content (AvgIpc) is 2.63. The third-order valence-corrected chi connectivity index (χ3v) is 4.08. The lowest BCUT2D eigenvalue weighted by Crippen LogP contribution is -2.46. The van der Waals surface area contributed by atoms with Gasteiger partial charge >= 0.3 is 5.97 Å². The molecule has 2 amide bonds. The molecule has 136 valence electrons. The van der Waals surface area contributed by atoms with Gasteiger partial charge in [0.05, 0.1) is 16.5 Å². The van der Waals surface area contributed by atoms with Crippen molar-refractivity contribution in [3.63, 3.8) is 0 Å². The fraction of sp³-hybridized carbons (Fsp3) is 0.167. The molecule has 0 saturated heterocycles. The van der Waals surface area contributed by atoms with E-state index in [2.05, 4.69) is 10.9 Å². The number of carbonyl (C=O) groups excluding carboxylic acids is 3. The maximum absolute atomic E-state index is 11.9. The highest BCUT2D eigenvalue weighted by molar-refractivity contribution is 6.42. The van der Waals surface area contributed by atoms with Crippen molar-refractivity contribution < 1.29 is 19.1 Å². The number of nitrogens with one attached hydrogen (secondary N) is 2. The maximum Gasteiger partial charge on any atom is 0.311 e. The first-order valence-electron chi connectivity index (χ1n) is 7.65. The Hall–Kier alpha value is -2.57. The smallest absolute Gasteiger partial charge is 0.311 e. The van der Waals surface area contributed by atoms with Gasteiger partial charge in [0.15, 0.2) is 6.10 Å². The van der Waals surface area contributed by atoms with E-state index in [9.17, 15) is 14.4 Å². The second-order valence-electron chi connectivity index (χ2n) is 5.37. The lowest BCUT2D eigenvalue weighted by atomic mass is 10.1. The number of hydrogen-bond donors (Lipinski definition) is 2. The Kier molecular flexibility index (Phi) is 7.00. The average molecular weight is 395 g/mol. The summed E-state index contributed by atoms with van der Waals surface area (Å²) >= 11 is 11.7. The topological polar surface area (TPSA) is 84.5 Å². The summed E-state index contributed by atoms with van der Waals surface area (Å²) in [5.74, 6) is -1.74. The molecule has 0 aliphatic heterocycles. The van der Waals surface area contributed by atoms with E-state index in [0.29, 0.717) is 21.2 Å². The standard InChI is InChI=1S/C18H16Cl2N2O4/c1-11(17(24)21-22-18(25)13-5-3-2-4-6-13)26-16(23)10-12-7-8-14(19)15(20)9-12/h2-9,11H,10H2,1H3,(H,21,24)(H,22,25)/t11-/m1/s1. The highest BCUT2D eigenvalue weighted by atomic mass is 35.5. The van der Waals surface area contributed by atoms with Crippen molar-refractivity contribution in [2.45, 2.75) is 19.4 Å². The lowest BCUT2D eigenvalue weighted by molar-refractivity contribution is -0.154. The van der Waals surface area contributed by atoms with Crippen LogP contribution in [0.5, 0.6) is 0 Å². The Morgan fingerprint density at radius 2 is 1.69 bits per heavy atom. The van der Waals surface area contributed by atoms with Crippen LogP contribution in [0.2, 0.25) is 10.0 Å². The second kappa shape index (κ2) is 9.22. The Morgan fingerprint density at radius 3 is 2.35 bits per heavy atom. The van der Waals surface area contributed by atoms with Gasteiger partial charge in [0.2, 0.25) is 0 Å². The number of hydrogen-bond acceptors (Lipinski definition) is 4. The molecular weight excluding hydrogens is 379 g/mol. The molecule has 0 fully saturated rings. The maximum atomic E-state index is 11.9. The molecule has 2 rings (SSSR count). The van der Waals surface area contributed by atoms with Crippen molar-refractivity contribution >= 4 is 41.0 Å². The van der Waals surface area contributed by atoms with E-state index < -0.39 is 23.9 Å². The Labute approximate surface area is 160 Å². The molecule has 1 atom stereocenters. The molecule has 0 unspecified atom stereocenters. The third kappa shape index (κ3) is 5.75. The number of esters is 1. The van der Waals surface area contributed by atoms with Crippen molar-refractivity contribution in [1.82, 2.24) is 10.9 Å². The molecule has 8 heteroatoms. The van der Waals surface area contributed by atoms with E-state index in [4.69, 9.17) is 27.9 Å². The van der Waals surface area contributed by atoms with E-state index in [1.807, 2.05) is 0 Å². The van der Waals surface area contributed by atoms with Crippen LogP contribution in [-0.4, -0.2) is 23.9 Å². The number of hydrazine groups is 1. The van der Waals surface area contributed by atoms with Gasteiger partial charge in [-0.15, -0.1) is 0 Å². The van der Waals surface area contributed by atoms with Gasteiger partial charge in [-0.3, -0.25) is 25.2 Å². The molecule has 2 aromatic rings. The number of ether oxygens (including phenoxy) is 1. The van der Waals surface area contributed by atoms with E-state index in [1.165, 1.54) is 6.92 Å². The first-order valence-corrected chi connectivity index (χ1v) is 8.41. The molecule has 2 N–H and O–H groups in total. The fourth-order valence-corrected chi connectivity index (χ4v) is 2.31. The molecule has 0 aliphatic carbocycles. The number of rotatable bonds is 5. The quantitative estimate of drug-likeness (QED) is 0.602. The lowest BCUT2D eigenvalue weighted by Gasteiger charge is -2.14. The summed E-state index contributed by atoms with van der Waals surface area (Å²) in [5.41, 5.74) is 5.46.